The Morgan fingerprint density at radius 2 is 1.20 bits per heavy atom. The number of hydrogen-bond donors (Lipinski definition) is 0. The summed E-state index contributed by atoms with van der Waals surface area (Å²) in [5, 5.41) is 0. The molecule has 0 aliphatic carbocycles. The summed E-state index contributed by atoms with van der Waals surface area (Å²) in [4.78, 5) is 0. The van der Waals surface area contributed by atoms with Gasteiger partial charge in [0.2, 0.25) is 0 Å². The topological polar surface area (TPSA) is 34.1 Å². The highest BCUT2D eigenvalue weighted by atomic mass is 28.2. The van der Waals surface area contributed by atoms with E-state index in [1.54, 1.807) is 0 Å². The molecule has 0 aliphatic rings. The molecular formula is H7AlO2Si2. The van der Waals surface area contributed by atoms with Gasteiger partial charge in [0, 0.05) is 0 Å². The zero-order valence-corrected chi connectivity index (χ0v) is 2.32. The van der Waals surface area contributed by atoms with Crippen molar-refractivity contribution in [3.63, 3.8) is 0 Å². The lowest BCUT2D eigenvalue weighted by molar-refractivity contribution is 0.497. The third-order valence-electron chi connectivity index (χ3n) is 0. The average molecular weight is 122 g/mol. The molecule has 5 heteroatoms. The first kappa shape index (κ1) is 17.6. The maximum absolute atomic E-state index is 8.40. The summed E-state index contributed by atoms with van der Waals surface area (Å²) in [7, 11) is -1.42. The third kappa shape index (κ3) is 93.8. The summed E-state index contributed by atoms with van der Waals surface area (Å²) in [6.07, 6.45) is 0. The molecule has 0 radical (unpaired) electrons. The molecule has 0 rings (SSSR count). The first-order valence-electron chi connectivity index (χ1n) is 0.408. The molecule has 0 aromatic carbocycles. The van der Waals surface area contributed by atoms with Crippen LogP contribution in [-0.4, -0.2) is 37.6 Å². The normalized spacial score (nSPS) is 1.60. The van der Waals surface area contributed by atoms with Crippen molar-refractivity contribution < 1.29 is 8.92 Å². The summed E-state index contributed by atoms with van der Waals surface area (Å²) in [5.74, 6) is 0. The highest BCUT2D eigenvalue weighted by molar-refractivity contribution is 5.94. The van der Waals surface area contributed by atoms with Crippen molar-refractivity contribution in [3.8, 4) is 0 Å². The molecule has 0 amide bonds. The van der Waals surface area contributed by atoms with Crippen molar-refractivity contribution in [1.82, 2.24) is 0 Å². The van der Waals surface area contributed by atoms with Crippen molar-refractivity contribution in [2.24, 2.45) is 0 Å². The molecule has 0 fully saturated rings. The van der Waals surface area contributed by atoms with Crippen molar-refractivity contribution in [1.29, 1.82) is 0 Å². The fourth-order valence-electron chi connectivity index (χ4n) is 0. The first-order chi connectivity index (χ1) is 1.41. The van der Waals surface area contributed by atoms with E-state index >= 15 is 0 Å². The molecule has 0 aliphatic heterocycles. The Morgan fingerprint density at radius 3 is 1.20 bits per heavy atom. The summed E-state index contributed by atoms with van der Waals surface area (Å²) in [6, 6.07) is 0. The summed E-state index contributed by atoms with van der Waals surface area (Å²) in [5.41, 5.74) is 0. The molecule has 0 saturated heterocycles. The van der Waals surface area contributed by atoms with Crippen LogP contribution in [0.1, 0.15) is 0 Å². The van der Waals surface area contributed by atoms with E-state index in [0.29, 0.717) is 0 Å². The molecule has 5 heavy (non-hydrogen) atoms. The van der Waals surface area contributed by atoms with Gasteiger partial charge in [0.15, 0.2) is 17.4 Å². The lowest BCUT2D eigenvalue weighted by Crippen LogP contribution is -1.26. The monoisotopic (exact) mass is 122 g/mol. The molecule has 0 spiro atoms. The van der Waals surface area contributed by atoms with Crippen LogP contribution in [0.5, 0.6) is 0 Å². The van der Waals surface area contributed by atoms with E-state index in [1.165, 1.54) is 0 Å². The van der Waals surface area contributed by atoms with Crippen molar-refractivity contribution in [2.45, 2.75) is 0 Å². The minimum Gasteiger partial charge on any atom is -0.274 e. The van der Waals surface area contributed by atoms with Gasteiger partial charge < -0.3 is 0 Å². The third-order valence-corrected chi connectivity index (χ3v) is 0. The molecule has 0 unspecified atom stereocenters. The maximum Gasteiger partial charge on any atom is 0.549 e. The largest absolute Gasteiger partial charge is 0.549 e. The van der Waals surface area contributed by atoms with E-state index in [0.717, 1.165) is 0 Å². The average Bonchev–Trinajstić information content (AvgIpc) is 0.918. The highest BCUT2D eigenvalue weighted by Gasteiger charge is 1.22. The van der Waals surface area contributed by atoms with E-state index in [2.05, 4.69) is 0 Å². The van der Waals surface area contributed by atoms with Gasteiger partial charge in [0.05, 0.1) is 0 Å². The van der Waals surface area contributed by atoms with Crippen LogP contribution in [0.2, 0.25) is 0 Å². The Bertz CT molecular complexity index is 28.6. The smallest absolute Gasteiger partial charge is 0.274 e. The lowest BCUT2D eigenvalue weighted by Gasteiger charge is -0.944. The van der Waals surface area contributed by atoms with Crippen LogP contribution < -0.4 is 0 Å². The Hall–Kier alpha value is 0.566. The molecule has 0 saturated carbocycles. The van der Waals surface area contributed by atoms with Gasteiger partial charge in [-0.2, -0.15) is 0 Å². The van der Waals surface area contributed by atoms with Crippen LogP contribution in [-0.2, 0) is 8.92 Å². The van der Waals surface area contributed by atoms with E-state index in [-0.39, 0.29) is 28.3 Å². The SMILES string of the molecule is O=[Si]=O.[AlH3].[SiH4]. The van der Waals surface area contributed by atoms with Crippen LogP contribution in [0.3, 0.4) is 0 Å². The molecule has 0 atom stereocenters. The van der Waals surface area contributed by atoms with Gasteiger partial charge in [-0.3, -0.25) is 8.92 Å². The summed E-state index contributed by atoms with van der Waals surface area (Å²) in [6.45, 7) is 0. The number of hydrogen-bond acceptors (Lipinski definition) is 2. The van der Waals surface area contributed by atoms with Gasteiger partial charge in [-0.1, -0.05) is 0 Å². The van der Waals surface area contributed by atoms with Crippen LogP contribution in [0.4, 0.5) is 0 Å². The minimum absolute atomic E-state index is 0. The van der Waals surface area contributed by atoms with E-state index in [4.69, 9.17) is 8.92 Å². The standard InChI is InChI=1S/Al.O2Si.H4Si.3H/c;1-3-2;;;;/h;;1H4;;;. The Labute approximate surface area is 47.0 Å². The van der Waals surface area contributed by atoms with Gasteiger partial charge >= 0.3 is 9.29 Å². The maximum atomic E-state index is 8.40. The van der Waals surface area contributed by atoms with Gasteiger partial charge in [-0.15, -0.1) is 0 Å². The van der Waals surface area contributed by atoms with Crippen LogP contribution in [0.15, 0.2) is 0 Å². The molecular weight excluding hydrogens is 115 g/mol. The van der Waals surface area contributed by atoms with E-state index in [9.17, 15) is 0 Å². The zero-order valence-electron chi connectivity index (χ0n) is 1.32. The van der Waals surface area contributed by atoms with Gasteiger partial charge in [-0.25, -0.2) is 0 Å². The Balaban J connectivity index is -0.0000000200. The summed E-state index contributed by atoms with van der Waals surface area (Å²) >= 11 is 0. The molecule has 0 aromatic rings. The molecule has 30 valence electrons. The second-order valence-electron chi connectivity index (χ2n) is 0.0833. The lowest BCUT2D eigenvalue weighted by atomic mass is 15.9. The first-order valence-corrected chi connectivity index (χ1v) is 1.22. The van der Waals surface area contributed by atoms with Crippen molar-refractivity contribution in [2.75, 3.05) is 0 Å². The second kappa shape index (κ2) is 23.7. The van der Waals surface area contributed by atoms with Gasteiger partial charge in [0.1, 0.15) is 0 Å². The minimum atomic E-state index is -1.42. The molecule has 0 N–H and O–H groups in total. The van der Waals surface area contributed by atoms with Crippen molar-refractivity contribution >= 4 is 37.6 Å². The van der Waals surface area contributed by atoms with Crippen LogP contribution >= 0.6 is 0 Å². The fraction of sp³-hybridized carbons (Fsp3) is 0. The Kier molecular flexibility index (Phi) is 83.4. The predicted molar refractivity (Wildman–Crippen MR) is 28.4 cm³/mol. The fourth-order valence-corrected chi connectivity index (χ4v) is 0. The molecule has 0 heterocycles. The molecule has 2 nitrogen and oxygen atoms in total. The molecule has 0 aromatic heterocycles. The zero-order chi connectivity index (χ0) is 2.71. The van der Waals surface area contributed by atoms with Crippen LogP contribution in [0, 0.1) is 0 Å². The van der Waals surface area contributed by atoms with Crippen LogP contribution in [0.25, 0.3) is 0 Å². The highest BCUT2D eigenvalue weighted by Crippen LogP contribution is 0.759. The predicted octanol–water partition coefficient (Wildman–Crippen LogP) is -3.25. The van der Waals surface area contributed by atoms with E-state index < -0.39 is 9.29 Å². The molecule has 0 bridgehead atoms. The number of rotatable bonds is 0. The van der Waals surface area contributed by atoms with Gasteiger partial charge in [-0.05, 0) is 11.0 Å². The quantitative estimate of drug-likeness (QED) is 0.316. The van der Waals surface area contributed by atoms with E-state index in [1.807, 2.05) is 0 Å². The summed E-state index contributed by atoms with van der Waals surface area (Å²) < 4.78 is 16.8. The Morgan fingerprint density at radius 1 is 1.20 bits per heavy atom. The second-order valence-corrected chi connectivity index (χ2v) is 0.250. The van der Waals surface area contributed by atoms with Crippen molar-refractivity contribution in [3.05, 3.63) is 0 Å². The van der Waals surface area contributed by atoms with Gasteiger partial charge in [0.25, 0.3) is 0 Å².